The molecule has 2 aromatic rings. The van der Waals surface area contributed by atoms with Crippen LogP contribution in [0.25, 0.3) is 0 Å². The summed E-state index contributed by atoms with van der Waals surface area (Å²) in [6.07, 6.45) is 1.54. The Hall–Kier alpha value is -2.54. The first-order valence-electron chi connectivity index (χ1n) is 7.29. The van der Waals surface area contributed by atoms with Gasteiger partial charge in [-0.1, -0.05) is 12.1 Å². The Morgan fingerprint density at radius 3 is 2.65 bits per heavy atom. The van der Waals surface area contributed by atoms with Crippen molar-refractivity contribution in [1.29, 1.82) is 0 Å². The fourth-order valence-corrected chi connectivity index (χ4v) is 1.84. The van der Waals surface area contributed by atoms with Crippen LogP contribution in [0.2, 0.25) is 0 Å². The Kier molecular flexibility index (Phi) is 5.99. The average Bonchev–Trinajstić information content (AvgIpc) is 2.54. The number of benzene rings is 1. The van der Waals surface area contributed by atoms with Gasteiger partial charge in [0.25, 0.3) is 5.91 Å². The molecule has 0 unspecified atom stereocenters. The quantitative estimate of drug-likeness (QED) is 0.810. The van der Waals surface area contributed by atoms with Crippen molar-refractivity contribution in [2.45, 2.75) is 6.54 Å². The van der Waals surface area contributed by atoms with Crippen molar-refractivity contribution < 1.29 is 9.18 Å². The fourth-order valence-electron chi connectivity index (χ4n) is 1.84. The van der Waals surface area contributed by atoms with Crippen molar-refractivity contribution in [2.24, 2.45) is 0 Å². The predicted octanol–water partition coefficient (Wildman–Crippen LogP) is 1.52. The second-order valence-electron chi connectivity index (χ2n) is 5.30. The summed E-state index contributed by atoms with van der Waals surface area (Å²) in [5.74, 6) is -0.182. The van der Waals surface area contributed by atoms with Crippen LogP contribution in [0.4, 0.5) is 10.3 Å². The number of nitrogens with zero attached hydrogens (tertiary/aromatic N) is 3. The molecule has 0 radical (unpaired) electrons. The molecule has 7 heteroatoms. The van der Waals surface area contributed by atoms with Crippen molar-refractivity contribution in [2.75, 3.05) is 32.5 Å². The molecule has 1 aromatic carbocycles. The van der Waals surface area contributed by atoms with E-state index in [1.807, 2.05) is 19.0 Å². The molecule has 1 heterocycles. The summed E-state index contributed by atoms with van der Waals surface area (Å²) < 4.78 is 12.8. The van der Waals surface area contributed by atoms with E-state index in [2.05, 4.69) is 20.6 Å². The molecule has 0 fully saturated rings. The summed E-state index contributed by atoms with van der Waals surface area (Å²) in [6.45, 7) is 1.84. The van der Waals surface area contributed by atoms with Gasteiger partial charge in [0.1, 0.15) is 11.5 Å². The third kappa shape index (κ3) is 5.63. The Bertz CT molecular complexity index is 645. The number of amides is 1. The number of rotatable bonds is 7. The highest BCUT2D eigenvalue weighted by Crippen LogP contribution is 2.04. The van der Waals surface area contributed by atoms with Gasteiger partial charge in [0.15, 0.2) is 0 Å². The molecule has 0 aliphatic carbocycles. The number of likely N-dealkylation sites (N-methyl/N-ethyl adjacent to an activating group) is 1. The van der Waals surface area contributed by atoms with Gasteiger partial charge in [-0.2, -0.15) is 0 Å². The van der Waals surface area contributed by atoms with Crippen LogP contribution >= 0.6 is 0 Å². The molecule has 0 aliphatic heterocycles. The average molecular weight is 317 g/mol. The zero-order chi connectivity index (χ0) is 16.7. The van der Waals surface area contributed by atoms with E-state index in [0.29, 0.717) is 19.0 Å². The largest absolute Gasteiger partial charge is 0.353 e. The van der Waals surface area contributed by atoms with Crippen LogP contribution in [0.3, 0.4) is 0 Å². The molecule has 0 saturated heterocycles. The van der Waals surface area contributed by atoms with Crippen molar-refractivity contribution in [1.82, 2.24) is 20.2 Å². The first kappa shape index (κ1) is 16.8. The van der Waals surface area contributed by atoms with E-state index in [1.54, 1.807) is 18.2 Å². The molecule has 0 bridgehead atoms. The molecule has 0 atom stereocenters. The van der Waals surface area contributed by atoms with Crippen LogP contribution in [-0.2, 0) is 6.54 Å². The van der Waals surface area contributed by atoms with Crippen LogP contribution in [0.5, 0.6) is 0 Å². The van der Waals surface area contributed by atoms with Crippen LogP contribution < -0.4 is 10.6 Å². The number of hydrogen-bond donors (Lipinski definition) is 2. The molecule has 23 heavy (non-hydrogen) atoms. The maximum atomic E-state index is 12.8. The number of carbonyl (C=O) groups excluding carboxylic acids is 1. The Morgan fingerprint density at radius 1 is 1.22 bits per heavy atom. The summed E-state index contributed by atoms with van der Waals surface area (Å²) in [5.41, 5.74) is 1.10. The van der Waals surface area contributed by atoms with Gasteiger partial charge >= 0.3 is 0 Å². The Morgan fingerprint density at radius 2 is 1.96 bits per heavy atom. The summed E-state index contributed by atoms with van der Waals surface area (Å²) in [4.78, 5) is 22.4. The van der Waals surface area contributed by atoms with Gasteiger partial charge in [0, 0.05) is 25.8 Å². The zero-order valence-corrected chi connectivity index (χ0v) is 13.2. The highest BCUT2D eigenvalue weighted by atomic mass is 19.1. The summed E-state index contributed by atoms with van der Waals surface area (Å²) in [7, 11) is 3.95. The third-order valence-corrected chi connectivity index (χ3v) is 3.10. The van der Waals surface area contributed by atoms with Crippen LogP contribution in [0.15, 0.2) is 36.5 Å². The molecule has 122 valence electrons. The smallest absolute Gasteiger partial charge is 0.270 e. The Labute approximate surface area is 134 Å². The lowest BCUT2D eigenvalue weighted by molar-refractivity contribution is 0.0946. The summed E-state index contributed by atoms with van der Waals surface area (Å²) in [5, 5.41) is 5.81. The highest BCUT2D eigenvalue weighted by Gasteiger charge is 2.08. The van der Waals surface area contributed by atoms with Gasteiger partial charge < -0.3 is 15.5 Å². The number of hydrogen-bond acceptors (Lipinski definition) is 5. The lowest BCUT2D eigenvalue weighted by atomic mass is 10.2. The lowest BCUT2D eigenvalue weighted by Crippen LogP contribution is -2.25. The number of nitrogens with one attached hydrogen (secondary N) is 2. The second-order valence-corrected chi connectivity index (χ2v) is 5.30. The van der Waals surface area contributed by atoms with E-state index in [0.717, 1.165) is 12.1 Å². The first-order chi connectivity index (χ1) is 11.0. The van der Waals surface area contributed by atoms with Crippen LogP contribution in [-0.4, -0.2) is 48.0 Å². The maximum Gasteiger partial charge on any atom is 0.270 e. The van der Waals surface area contributed by atoms with E-state index < -0.39 is 0 Å². The topological polar surface area (TPSA) is 70.2 Å². The number of halogens is 1. The fraction of sp³-hybridized carbons (Fsp3) is 0.312. The van der Waals surface area contributed by atoms with Gasteiger partial charge in [-0.25, -0.2) is 14.4 Å². The molecule has 6 nitrogen and oxygen atoms in total. The van der Waals surface area contributed by atoms with Gasteiger partial charge in [0.05, 0.1) is 0 Å². The standard InChI is InChI=1S/C16H20FN5O/c1-22(2)10-9-19-16-18-8-7-14(21-16)15(23)20-11-12-3-5-13(17)6-4-12/h3-8H,9-11H2,1-2H3,(H,20,23)(H,18,19,21). The molecule has 1 amide bonds. The molecular weight excluding hydrogens is 297 g/mol. The summed E-state index contributed by atoms with van der Waals surface area (Å²) >= 11 is 0. The SMILES string of the molecule is CN(C)CCNc1nccc(C(=O)NCc2ccc(F)cc2)n1. The minimum atomic E-state index is -0.302. The van der Waals surface area contributed by atoms with Crippen LogP contribution in [0, 0.1) is 5.82 Å². The van der Waals surface area contributed by atoms with E-state index in [4.69, 9.17) is 0 Å². The number of anilines is 1. The van der Waals surface area contributed by atoms with Gasteiger partial charge in [-0.3, -0.25) is 4.79 Å². The van der Waals surface area contributed by atoms with Crippen molar-refractivity contribution in [3.63, 3.8) is 0 Å². The van der Waals surface area contributed by atoms with Crippen molar-refractivity contribution in [3.05, 3.63) is 53.6 Å². The van der Waals surface area contributed by atoms with Crippen LogP contribution in [0.1, 0.15) is 16.1 Å². The predicted molar refractivity (Wildman–Crippen MR) is 86.6 cm³/mol. The van der Waals surface area contributed by atoms with E-state index in [9.17, 15) is 9.18 Å². The number of carbonyl (C=O) groups is 1. The molecule has 1 aromatic heterocycles. The molecule has 0 spiro atoms. The normalized spacial score (nSPS) is 10.6. The van der Waals surface area contributed by atoms with E-state index in [1.165, 1.54) is 18.3 Å². The first-order valence-corrected chi connectivity index (χ1v) is 7.29. The van der Waals surface area contributed by atoms with Gasteiger partial charge in [-0.15, -0.1) is 0 Å². The molecule has 2 N–H and O–H groups in total. The van der Waals surface area contributed by atoms with Crippen molar-refractivity contribution >= 4 is 11.9 Å². The molecular formula is C16H20FN5O. The number of aromatic nitrogens is 2. The highest BCUT2D eigenvalue weighted by molar-refractivity contribution is 5.92. The monoisotopic (exact) mass is 317 g/mol. The van der Waals surface area contributed by atoms with Gasteiger partial charge in [-0.05, 0) is 37.9 Å². The van der Waals surface area contributed by atoms with Gasteiger partial charge in [0.2, 0.25) is 5.95 Å². The molecule has 2 rings (SSSR count). The van der Waals surface area contributed by atoms with Crippen molar-refractivity contribution in [3.8, 4) is 0 Å². The van der Waals surface area contributed by atoms with E-state index >= 15 is 0 Å². The van der Waals surface area contributed by atoms with E-state index in [-0.39, 0.29) is 17.4 Å². The summed E-state index contributed by atoms with van der Waals surface area (Å²) in [6, 6.07) is 7.53. The minimum absolute atomic E-state index is 0.287. The molecule has 0 saturated carbocycles. The maximum absolute atomic E-state index is 12.8. The minimum Gasteiger partial charge on any atom is -0.353 e. The molecule has 0 aliphatic rings. The Balaban J connectivity index is 1.90. The second kappa shape index (κ2) is 8.19. The zero-order valence-electron chi connectivity index (χ0n) is 13.2. The third-order valence-electron chi connectivity index (χ3n) is 3.10. The lowest BCUT2D eigenvalue weighted by Gasteiger charge is -2.10.